The molecule has 2 heterocycles. The van der Waals surface area contributed by atoms with E-state index >= 15 is 0 Å². The minimum absolute atomic E-state index is 0.0876. The summed E-state index contributed by atoms with van der Waals surface area (Å²) in [6.07, 6.45) is -3.32. The molecule has 0 aliphatic carbocycles. The van der Waals surface area contributed by atoms with Gasteiger partial charge in [0, 0.05) is 31.9 Å². The second-order valence-corrected chi connectivity index (χ2v) is 6.01. The number of aromatic nitrogens is 3. The normalized spacial score (nSPS) is 14.7. The van der Waals surface area contributed by atoms with Crippen LogP contribution in [0.3, 0.4) is 0 Å². The molecule has 0 atom stereocenters. The number of benzene rings is 1. The maximum absolute atomic E-state index is 12.8. The van der Waals surface area contributed by atoms with Gasteiger partial charge in [0.25, 0.3) is 0 Å². The van der Waals surface area contributed by atoms with Gasteiger partial charge >= 0.3 is 12.3 Å². The smallest absolute Gasteiger partial charge is 0.416 e. The number of carbonyl (C=O) groups is 1. The van der Waals surface area contributed by atoms with Crippen LogP contribution in [-0.2, 0) is 10.9 Å². The predicted octanol–water partition coefficient (Wildman–Crippen LogP) is 2.91. The van der Waals surface area contributed by atoms with Crippen LogP contribution < -0.4 is 10.2 Å². The zero-order chi connectivity index (χ0) is 20.1. The van der Waals surface area contributed by atoms with Crippen LogP contribution >= 0.6 is 0 Å². The third-order valence-electron chi connectivity index (χ3n) is 4.12. The Bertz CT molecular complexity index is 825. The summed E-state index contributed by atoms with van der Waals surface area (Å²) < 4.78 is 43.5. The van der Waals surface area contributed by atoms with E-state index in [1.807, 2.05) is 4.90 Å². The quantitative estimate of drug-likeness (QED) is 0.851. The number of rotatable bonds is 4. The number of hydrogen-bond acceptors (Lipinski definition) is 7. The lowest BCUT2D eigenvalue weighted by molar-refractivity contribution is -0.137. The number of anilines is 3. The van der Waals surface area contributed by atoms with Gasteiger partial charge in [-0.05, 0) is 25.1 Å². The Morgan fingerprint density at radius 3 is 2.68 bits per heavy atom. The van der Waals surface area contributed by atoms with Gasteiger partial charge in [0.05, 0.1) is 18.4 Å². The molecule has 28 heavy (non-hydrogen) atoms. The topological polar surface area (TPSA) is 83.5 Å². The van der Waals surface area contributed by atoms with Crippen LogP contribution in [0, 0.1) is 0 Å². The van der Waals surface area contributed by atoms with Crippen LogP contribution in [0.1, 0.15) is 12.5 Å². The van der Waals surface area contributed by atoms with Crippen molar-refractivity contribution in [2.45, 2.75) is 13.1 Å². The van der Waals surface area contributed by atoms with Crippen molar-refractivity contribution in [1.29, 1.82) is 0 Å². The van der Waals surface area contributed by atoms with E-state index in [1.54, 1.807) is 11.8 Å². The Kier molecular flexibility index (Phi) is 5.81. The van der Waals surface area contributed by atoms with E-state index in [0.717, 1.165) is 12.1 Å². The minimum Gasteiger partial charge on any atom is -0.450 e. The van der Waals surface area contributed by atoms with E-state index in [0.29, 0.717) is 38.6 Å². The Hall–Kier alpha value is -3.11. The summed E-state index contributed by atoms with van der Waals surface area (Å²) in [5.74, 6) is 0.609. The van der Waals surface area contributed by atoms with Crippen molar-refractivity contribution in [2.24, 2.45) is 0 Å². The average molecular weight is 396 g/mol. The summed E-state index contributed by atoms with van der Waals surface area (Å²) >= 11 is 0. The molecule has 0 bridgehead atoms. The molecule has 0 unspecified atom stereocenters. The maximum atomic E-state index is 12.8. The molecule has 1 aliphatic heterocycles. The Balaban J connectivity index is 1.66. The van der Waals surface area contributed by atoms with E-state index in [1.165, 1.54) is 18.3 Å². The van der Waals surface area contributed by atoms with Crippen LogP contribution in [0.2, 0.25) is 0 Å². The summed E-state index contributed by atoms with van der Waals surface area (Å²) in [6, 6.07) is 4.76. The van der Waals surface area contributed by atoms with Gasteiger partial charge < -0.3 is 19.9 Å². The van der Waals surface area contributed by atoms with Crippen molar-refractivity contribution in [3.05, 3.63) is 36.0 Å². The van der Waals surface area contributed by atoms with E-state index in [4.69, 9.17) is 4.74 Å². The van der Waals surface area contributed by atoms with Crippen molar-refractivity contribution in [1.82, 2.24) is 20.1 Å². The molecule has 11 heteroatoms. The van der Waals surface area contributed by atoms with Gasteiger partial charge in [-0.2, -0.15) is 23.3 Å². The number of carbonyl (C=O) groups excluding carboxylic acids is 1. The largest absolute Gasteiger partial charge is 0.450 e. The number of amides is 1. The summed E-state index contributed by atoms with van der Waals surface area (Å²) in [5.41, 5.74) is -0.558. The molecule has 0 spiro atoms. The van der Waals surface area contributed by atoms with Crippen LogP contribution in [0.25, 0.3) is 0 Å². The minimum atomic E-state index is -4.43. The number of alkyl halides is 3. The van der Waals surface area contributed by atoms with Crippen molar-refractivity contribution in [3.8, 4) is 0 Å². The predicted molar refractivity (Wildman–Crippen MR) is 95.4 cm³/mol. The maximum Gasteiger partial charge on any atom is 0.416 e. The Morgan fingerprint density at radius 1 is 1.25 bits per heavy atom. The van der Waals surface area contributed by atoms with Crippen molar-refractivity contribution in [2.75, 3.05) is 43.0 Å². The molecule has 8 nitrogen and oxygen atoms in total. The molecular weight excluding hydrogens is 377 g/mol. The first kappa shape index (κ1) is 19.6. The lowest BCUT2D eigenvalue weighted by atomic mass is 10.2. The molecule has 2 aromatic rings. The van der Waals surface area contributed by atoms with E-state index in [-0.39, 0.29) is 17.7 Å². The first-order valence-corrected chi connectivity index (χ1v) is 8.67. The molecule has 0 saturated carbocycles. The highest BCUT2D eigenvalue weighted by Crippen LogP contribution is 2.31. The molecule has 150 valence electrons. The summed E-state index contributed by atoms with van der Waals surface area (Å²) in [6.45, 7) is 4.07. The summed E-state index contributed by atoms with van der Waals surface area (Å²) in [5, 5.41) is 10.4. The van der Waals surface area contributed by atoms with Crippen LogP contribution in [0.15, 0.2) is 30.5 Å². The van der Waals surface area contributed by atoms with Gasteiger partial charge in [0.2, 0.25) is 5.95 Å². The number of hydrogen-bond donors (Lipinski definition) is 1. The molecule has 1 N–H and O–H groups in total. The molecule has 1 aliphatic rings. The fourth-order valence-corrected chi connectivity index (χ4v) is 2.74. The summed E-state index contributed by atoms with van der Waals surface area (Å²) in [7, 11) is 0. The van der Waals surface area contributed by atoms with Gasteiger partial charge in [-0.15, -0.1) is 5.10 Å². The van der Waals surface area contributed by atoms with E-state index in [2.05, 4.69) is 20.5 Å². The van der Waals surface area contributed by atoms with Crippen LogP contribution in [0.4, 0.5) is 35.4 Å². The fourth-order valence-electron chi connectivity index (χ4n) is 2.74. The zero-order valence-corrected chi connectivity index (χ0v) is 15.1. The van der Waals surface area contributed by atoms with E-state index in [9.17, 15) is 18.0 Å². The van der Waals surface area contributed by atoms with Gasteiger partial charge in [-0.1, -0.05) is 6.07 Å². The number of halogens is 3. The Labute approximate surface area is 159 Å². The first-order chi connectivity index (χ1) is 13.4. The number of nitrogens with zero attached hydrogens (tertiary/aromatic N) is 5. The SMILES string of the molecule is CCOC(=O)N1CCN(c2cnnc(Nc3cccc(C(F)(F)F)c3)n2)CC1. The fraction of sp³-hybridized carbons (Fsp3) is 0.412. The molecule has 1 aromatic carbocycles. The second kappa shape index (κ2) is 8.28. The highest BCUT2D eigenvalue weighted by Gasteiger charge is 2.30. The lowest BCUT2D eigenvalue weighted by Crippen LogP contribution is -2.49. The van der Waals surface area contributed by atoms with Crippen molar-refractivity contribution in [3.63, 3.8) is 0 Å². The molecule has 3 rings (SSSR count). The lowest BCUT2D eigenvalue weighted by Gasteiger charge is -2.34. The van der Waals surface area contributed by atoms with Gasteiger partial charge in [0.1, 0.15) is 0 Å². The van der Waals surface area contributed by atoms with Gasteiger partial charge in [-0.3, -0.25) is 0 Å². The molecule has 1 aromatic heterocycles. The van der Waals surface area contributed by atoms with E-state index < -0.39 is 11.7 Å². The second-order valence-electron chi connectivity index (χ2n) is 6.01. The molecular formula is C17H19F3N6O2. The molecule has 1 fully saturated rings. The third kappa shape index (κ3) is 4.78. The van der Waals surface area contributed by atoms with Crippen molar-refractivity contribution < 1.29 is 22.7 Å². The monoisotopic (exact) mass is 396 g/mol. The molecule has 1 saturated heterocycles. The summed E-state index contributed by atoms with van der Waals surface area (Å²) in [4.78, 5) is 19.6. The third-order valence-corrected chi connectivity index (χ3v) is 4.12. The zero-order valence-electron chi connectivity index (χ0n) is 15.1. The first-order valence-electron chi connectivity index (χ1n) is 8.67. The molecule has 1 amide bonds. The number of piperazine rings is 1. The van der Waals surface area contributed by atoms with Crippen molar-refractivity contribution >= 4 is 23.5 Å². The number of nitrogens with one attached hydrogen (secondary N) is 1. The highest BCUT2D eigenvalue weighted by molar-refractivity contribution is 5.68. The molecule has 0 radical (unpaired) electrons. The van der Waals surface area contributed by atoms with Gasteiger partial charge in [0.15, 0.2) is 5.82 Å². The van der Waals surface area contributed by atoms with Crippen LogP contribution in [-0.4, -0.2) is 59.0 Å². The van der Waals surface area contributed by atoms with Crippen LogP contribution in [0.5, 0.6) is 0 Å². The average Bonchev–Trinajstić information content (AvgIpc) is 2.68. The number of ether oxygens (including phenoxy) is 1. The standard InChI is InChI=1S/C17H19F3N6O2/c1-2-28-16(27)26-8-6-25(7-9-26)14-11-21-24-15(23-14)22-13-5-3-4-12(10-13)17(18,19)20/h3-5,10-11H,2,6-9H2,1H3,(H,22,23,24). The highest BCUT2D eigenvalue weighted by atomic mass is 19.4. The van der Waals surface area contributed by atoms with Gasteiger partial charge in [-0.25, -0.2) is 4.79 Å². The Morgan fingerprint density at radius 2 is 2.00 bits per heavy atom.